The van der Waals surface area contributed by atoms with Gasteiger partial charge in [-0.3, -0.25) is 4.79 Å². The fourth-order valence-corrected chi connectivity index (χ4v) is 0.876. The summed E-state index contributed by atoms with van der Waals surface area (Å²) in [7, 11) is 0. The van der Waals surface area contributed by atoms with Gasteiger partial charge in [0, 0.05) is 6.20 Å². The predicted molar refractivity (Wildman–Crippen MR) is 41.3 cm³/mol. The number of aldehydes is 1. The molecule has 0 aliphatic heterocycles. The van der Waals surface area contributed by atoms with E-state index in [9.17, 15) is 13.6 Å². The topological polar surface area (TPSA) is 39.2 Å². The number of ether oxygens (including phenoxy) is 1. The summed E-state index contributed by atoms with van der Waals surface area (Å²) in [6.07, 6.45) is 1.46. The van der Waals surface area contributed by atoms with E-state index in [1.165, 1.54) is 6.07 Å². The summed E-state index contributed by atoms with van der Waals surface area (Å²) in [5.74, 6) is -0.422. The van der Waals surface area contributed by atoms with Crippen LogP contribution >= 0.6 is 11.6 Å². The molecule has 6 heteroatoms. The summed E-state index contributed by atoms with van der Waals surface area (Å²) in [5.41, 5.74) is -0.104. The van der Waals surface area contributed by atoms with Gasteiger partial charge in [-0.2, -0.15) is 8.78 Å². The van der Waals surface area contributed by atoms with Gasteiger partial charge in [-0.05, 0) is 6.07 Å². The number of carbonyl (C=O) groups excluding carboxylic acids is 1. The zero-order valence-corrected chi connectivity index (χ0v) is 6.96. The number of nitrogens with zero attached hydrogens (tertiary/aromatic N) is 1. The molecule has 0 N–H and O–H groups in total. The number of aromatic nitrogens is 1. The van der Waals surface area contributed by atoms with Gasteiger partial charge in [0.05, 0.1) is 10.6 Å². The molecule has 0 aliphatic carbocycles. The Balaban J connectivity index is 2.99. The normalized spacial score (nSPS) is 10.2. The minimum atomic E-state index is -3.01. The zero-order chi connectivity index (χ0) is 9.84. The average molecular weight is 208 g/mol. The van der Waals surface area contributed by atoms with Crippen LogP contribution in [-0.4, -0.2) is 17.9 Å². The summed E-state index contributed by atoms with van der Waals surface area (Å²) < 4.78 is 27.4. The monoisotopic (exact) mass is 207 g/mol. The minimum Gasteiger partial charge on any atom is -0.416 e. The van der Waals surface area contributed by atoms with Crippen molar-refractivity contribution >= 4 is 17.9 Å². The van der Waals surface area contributed by atoms with Gasteiger partial charge < -0.3 is 4.74 Å². The molecule has 0 fully saturated rings. The van der Waals surface area contributed by atoms with E-state index >= 15 is 0 Å². The Labute approximate surface area is 77.3 Å². The van der Waals surface area contributed by atoms with Crippen molar-refractivity contribution in [2.45, 2.75) is 6.61 Å². The summed E-state index contributed by atoms with van der Waals surface area (Å²) >= 11 is 5.47. The molecule has 13 heavy (non-hydrogen) atoms. The Morgan fingerprint density at radius 1 is 1.62 bits per heavy atom. The molecule has 3 nitrogen and oxygen atoms in total. The first kappa shape index (κ1) is 9.85. The Hall–Kier alpha value is -1.23. The smallest absolute Gasteiger partial charge is 0.388 e. The second-order valence-corrected chi connectivity index (χ2v) is 2.48. The van der Waals surface area contributed by atoms with Crippen molar-refractivity contribution in [2.24, 2.45) is 0 Å². The predicted octanol–water partition coefficient (Wildman–Crippen LogP) is 2.15. The van der Waals surface area contributed by atoms with Gasteiger partial charge in [0.2, 0.25) is 5.88 Å². The second-order valence-electron chi connectivity index (χ2n) is 2.04. The van der Waals surface area contributed by atoms with Crippen LogP contribution in [0.25, 0.3) is 0 Å². The Morgan fingerprint density at radius 3 is 2.85 bits per heavy atom. The van der Waals surface area contributed by atoms with E-state index in [-0.39, 0.29) is 10.6 Å². The van der Waals surface area contributed by atoms with Crippen LogP contribution in [0.4, 0.5) is 8.78 Å². The van der Waals surface area contributed by atoms with Gasteiger partial charge in [-0.15, -0.1) is 0 Å². The molecular weight excluding hydrogens is 204 g/mol. The summed E-state index contributed by atoms with van der Waals surface area (Å²) in [4.78, 5) is 13.8. The van der Waals surface area contributed by atoms with Crippen molar-refractivity contribution in [2.75, 3.05) is 0 Å². The molecule has 0 saturated heterocycles. The molecule has 0 unspecified atom stereocenters. The van der Waals surface area contributed by atoms with Crippen LogP contribution in [0.5, 0.6) is 5.88 Å². The lowest BCUT2D eigenvalue weighted by Crippen LogP contribution is -2.05. The number of pyridine rings is 1. The largest absolute Gasteiger partial charge is 0.416 e. The molecule has 0 radical (unpaired) electrons. The van der Waals surface area contributed by atoms with E-state index in [0.29, 0.717) is 6.29 Å². The van der Waals surface area contributed by atoms with Crippen LogP contribution in [0.2, 0.25) is 5.02 Å². The van der Waals surface area contributed by atoms with Crippen molar-refractivity contribution in [3.63, 3.8) is 0 Å². The van der Waals surface area contributed by atoms with Crippen molar-refractivity contribution in [3.05, 3.63) is 22.8 Å². The quantitative estimate of drug-likeness (QED) is 0.713. The van der Waals surface area contributed by atoms with Gasteiger partial charge in [-0.25, -0.2) is 4.98 Å². The van der Waals surface area contributed by atoms with Gasteiger partial charge in [-0.1, -0.05) is 11.6 Å². The van der Waals surface area contributed by atoms with E-state index < -0.39 is 12.5 Å². The molecule has 0 amide bonds. The molecule has 1 aromatic heterocycles. The number of hydrogen-bond donors (Lipinski definition) is 0. The van der Waals surface area contributed by atoms with Crippen LogP contribution < -0.4 is 4.74 Å². The third-order valence-corrected chi connectivity index (χ3v) is 1.38. The number of rotatable bonds is 3. The second kappa shape index (κ2) is 4.13. The van der Waals surface area contributed by atoms with Gasteiger partial charge in [0.1, 0.15) is 0 Å². The first-order valence-corrected chi connectivity index (χ1v) is 3.57. The summed E-state index contributed by atoms with van der Waals surface area (Å²) in [6.45, 7) is -3.01. The van der Waals surface area contributed by atoms with Crippen molar-refractivity contribution in [1.29, 1.82) is 0 Å². The highest BCUT2D eigenvalue weighted by molar-refractivity contribution is 6.30. The molecule has 70 valence electrons. The Bertz CT molecular complexity index is 319. The first-order chi connectivity index (χ1) is 6.13. The molecule has 1 heterocycles. The Morgan fingerprint density at radius 2 is 2.31 bits per heavy atom. The number of alkyl halides is 2. The van der Waals surface area contributed by atoms with Crippen LogP contribution in [0.1, 0.15) is 10.4 Å². The van der Waals surface area contributed by atoms with E-state index in [2.05, 4.69) is 9.72 Å². The highest BCUT2D eigenvalue weighted by atomic mass is 35.5. The Kier molecular flexibility index (Phi) is 3.13. The molecule has 0 aromatic carbocycles. The van der Waals surface area contributed by atoms with Gasteiger partial charge >= 0.3 is 6.61 Å². The fourth-order valence-electron chi connectivity index (χ4n) is 0.710. The number of carbonyl (C=O) groups is 1. The van der Waals surface area contributed by atoms with E-state index in [0.717, 1.165) is 6.20 Å². The summed E-state index contributed by atoms with van der Waals surface area (Å²) in [6, 6.07) is 1.19. The number of hydrogen-bond acceptors (Lipinski definition) is 3. The standard InChI is InChI=1S/C7H4ClF2NO2/c8-5-1-4(3-12)6(11-2-5)13-7(9)10/h1-3,7H. The minimum absolute atomic E-state index is 0.104. The maximum absolute atomic E-state index is 11.7. The zero-order valence-electron chi connectivity index (χ0n) is 6.21. The fraction of sp³-hybridized carbons (Fsp3) is 0.143. The first-order valence-electron chi connectivity index (χ1n) is 3.19. The molecule has 1 rings (SSSR count). The lowest BCUT2D eigenvalue weighted by atomic mass is 10.3. The van der Waals surface area contributed by atoms with Gasteiger partial charge in [0.15, 0.2) is 6.29 Å². The van der Waals surface area contributed by atoms with Crippen LogP contribution in [0, 0.1) is 0 Å². The third-order valence-electron chi connectivity index (χ3n) is 1.17. The van der Waals surface area contributed by atoms with Crippen LogP contribution in [0.3, 0.4) is 0 Å². The molecular formula is C7H4ClF2NO2. The molecule has 0 aliphatic rings. The SMILES string of the molecule is O=Cc1cc(Cl)cnc1OC(F)F. The molecule has 0 bridgehead atoms. The van der Waals surface area contributed by atoms with E-state index in [4.69, 9.17) is 11.6 Å². The lowest BCUT2D eigenvalue weighted by Gasteiger charge is -2.04. The highest BCUT2D eigenvalue weighted by Crippen LogP contribution is 2.19. The van der Waals surface area contributed by atoms with Gasteiger partial charge in [0.25, 0.3) is 0 Å². The maximum Gasteiger partial charge on any atom is 0.388 e. The molecule has 0 spiro atoms. The van der Waals surface area contributed by atoms with E-state index in [1.807, 2.05) is 0 Å². The summed E-state index contributed by atoms with van der Waals surface area (Å²) in [5, 5.41) is 0.184. The molecule has 1 aromatic rings. The van der Waals surface area contributed by atoms with E-state index in [1.54, 1.807) is 0 Å². The van der Waals surface area contributed by atoms with Crippen molar-refractivity contribution < 1.29 is 18.3 Å². The van der Waals surface area contributed by atoms with Crippen molar-refractivity contribution in [1.82, 2.24) is 4.98 Å². The molecule has 0 saturated carbocycles. The van der Waals surface area contributed by atoms with Crippen LogP contribution in [-0.2, 0) is 0 Å². The number of halogens is 3. The van der Waals surface area contributed by atoms with Crippen LogP contribution in [0.15, 0.2) is 12.3 Å². The molecule has 0 atom stereocenters. The third kappa shape index (κ3) is 2.62. The average Bonchev–Trinajstić information content (AvgIpc) is 2.07. The maximum atomic E-state index is 11.7. The lowest BCUT2D eigenvalue weighted by molar-refractivity contribution is -0.0530. The van der Waals surface area contributed by atoms with Crippen molar-refractivity contribution in [3.8, 4) is 5.88 Å². The highest BCUT2D eigenvalue weighted by Gasteiger charge is 2.10.